The molecule has 100 valence electrons. The molecule has 0 aromatic carbocycles. The van der Waals surface area contributed by atoms with Gasteiger partial charge in [-0.05, 0) is 45.1 Å². The molecule has 0 radical (unpaired) electrons. The summed E-state index contributed by atoms with van der Waals surface area (Å²) in [5.74, 6) is 1.51. The molecule has 2 N–H and O–H groups in total. The summed E-state index contributed by atoms with van der Waals surface area (Å²) in [6, 6.07) is 1.06. The Kier molecular flexibility index (Phi) is 4.83. The first-order valence-corrected chi connectivity index (χ1v) is 7.20. The lowest BCUT2D eigenvalue weighted by molar-refractivity contribution is 0.141. The minimum absolute atomic E-state index is 0.293. The number of likely N-dealkylation sites (N-methyl/N-ethyl adjacent to an activating group) is 1. The van der Waals surface area contributed by atoms with Crippen LogP contribution in [0.25, 0.3) is 0 Å². The summed E-state index contributed by atoms with van der Waals surface area (Å²) in [6.45, 7) is 5.19. The lowest BCUT2D eigenvalue weighted by Gasteiger charge is -2.35. The van der Waals surface area contributed by atoms with E-state index in [0.717, 1.165) is 38.1 Å². The van der Waals surface area contributed by atoms with Crippen molar-refractivity contribution in [1.29, 1.82) is 0 Å². The van der Waals surface area contributed by atoms with Crippen molar-refractivity contribution in [3.63, 3.8) is 0 Å². The van der Waals surface area contributed by atoms with Crippen molar-refractivity contribution in [2.45, 2.75) is 51.1 Å². The van der Waals surface area contributed by atoms with Gasteiger partial charge in [-0.15, -0.1) is 0 Å². The largest absolute Gasteiger partial charge is 0.381 e. The van der Waals surface area contributed by atoms with Crippen molar-refractivity contribution >= 4 is 0 Å². The van der Waals surface area contributed by atoms with E-state index in [9.17, 15) is 0 Å². The molecule has 2 aliphatic rings. The molecule has 1 aliphatic carbocycles. The molecule has 3 heteroatoms. The van der Waals surface area contributed by atoms with E-state index in [-0.39, 0.29) is 0 Å². The molecule has 0 bridgehead atoms. The molecule has 3 nitrogen and oxygen atoms in total. The van der Waals surface area contributed by atoms with E-state index < -0.39 is 0 Å². The summed E-state index contributed by atoms with van der Waals surface area (Å²) in [7, 11) is 2.25. The van der Waals surface area contributed by atoms with Crippen LogP contribution in [0.1, 0.15) is 39.0 Å². The standard InChI is InChI=1S/C14H28N2O/c1-11-3-5-13(6-4-11)16(2)9-14(15)12-7-8-17-10-12/h11-14H,3-10,15H2,1-2H3. The molecular formula is C14H28N2O. The summed E-state index contributed by atoms with van der Waals surface area (Å²) in [6.07, 6.45) is 6.63. The van der Waals surface area contributed by atoms with Crippen LogP contribution in [-0.4, -0.2) is 43.8 Å². The third-order valence-corrected chi connectivity index (χ3v) is 4.68. The number of hydrogen-bond donors (Lipinski definition) is 1. The third-order valence-electron chi connectivity index (χ3n) is 4.68. The average molecular weight is 240 g/mol. The van der Waals surface area contributed by atoms with Gasteiger partial charge in [0, 0.05) is 31.2 Å². The maximum absolute atomic E-state index is 6.29. The van der Waals surface area contributed by atoms with Crippen LogP contribution in [0.3, 0.4) is 0 Å². The van der Waals surface area contributed by atoms with E-state index >= 15 is 0 Å². The monoisotopic (exact) mass is 240 g/mol. The summed E-state index contributed by atoms with van der Waals surface area (Å²) < 4.78 is 5.42. The van der Waals surface area contributed by atoms with Crippen LogP contribution in [-0.2, 0) is 4.74 Å². The van der Waals surface area contributed by atoms with Crippen molar-refractivity contribution in [2.24, 2.45) is 17.6 Å². The summed E-state index contributed by atoms with van der Waals surface area (Å²) in [5, 5.41) is 0. The van der Waals surface area contributed by atoms with Crippen molar-refractivity contribution in [1.82, 2.24) is 4.90 Å². The Morgan fingerprint density at radius 2 is 1.94 bits per heavy atom. The van der Waals surface area contributed by atoms with E-state index in [2.05, 4.69) is 18.9 Å². The van der Waals surface area contributed by atoms with E-state index in [1.807, 2.05) is 0 Å². The molecule has 2 rings (SSSR count). The van der Waals surface area contributed by atoms with Crippen LogP contribution in [0.2, 0.25) is 0 Å². The fraction of sp³-hybridized carbons (Fsp3) is 1.00. The summed E-state index contributed by atoms with van der Waals surface area (Å²) >= 11 is 0. The van der Waals surface area contributed by atoms with Gasteiger partial charge in [0.15, 0.2) is 0 Å². The van der Waals surface area contributed by atoms with Crippen LogP contribution in [0, 0.1) is 11.8 Å². The van der Waals surface area contributed by atoms with Crippen molar-refractivity contribution in [2.75, 3.05) is 26.8 Å². The van der Waals surface area contributed by atoms with E-state index in [4.69, 9.17) is 10.5 Å². The molecule has 0 amide bonds. The highest BCUT2D eigenvalue weighted by Crippen LogP contribution is 2.27. The predicted octanol–water partition coefficient (Wildman–Crippen LogP) is 1.86. The molecule has 2 fully saturated rings. The van der Waals surface area contributed by atoms with E-state index in [1.54, 1.807) is 0 Å². The van der Waals surface area contributed by atoms with Gasteiger partial charge in [-0.2, -0.15) is 0 Å². The Labute approximate surface area is 106 Å². The van der Waals surface area contributed by atoms with Gasteiger partial charge in [-0.1, -0.05) is 6.92 Å². The van der Waals surface area contributed by atoms with Gasteiger partial charge in [0.2, 0.25) is 0 Å². The smallest absolute Gasteiger partial charge is 0.0510 e. The molecule has 1 saturated heterocycles. The van der Waals surface area contributed by atoms with Crippen molar-refractivity contribution in [3.05, 3.63) is 0 Å². The zero-order valence-corrected chi connectivity index (χ0v) is 11.4. The second-order valence-corrected chi connectivity index (χ2v) is 6.14. The number of ether oxygens (including phenoxy) is 1. The van der Waals surface area contributed by atoms with Crippen LogP contribution < -0.4 is 5.73 Å². The molecule has 0 spiro atoms. The number of nitrogens with zero attached hydrogens (tertiary/aromatic N) is 1. The van der Waals surface area contributed by atoms with Gasteiger partial charge in [-0.3, -0.25) is 0 Å². The van der Waals surface area contributed by atoms with Crippen molar-refractivity contribution in [3.8, 4) is 0 Å². The van der Waals surface area contributed by atoms with Crippen molar-refractivity contribution < 1.29 is 4.74 Å². The number of rotatable bonds is 4. The Bertz CT molecular complexity index is 220. The summed E-state index contributed by atoms with van der Waals surface area (Å²) in [5.41, 5.74) is 6.29. The first-order chi connectivity index (χ1) is 8.16. The van der Waals surface area contributed by atoms with Crippen LogP contribution >= 0.6 is 0 Å². The highest BCUT2D eigenvalue weighted by Gasteiger charge is 2.27. The van der Waals surface area contributed by atoms with Gasteiger partial charge < -0.3 is 15.4 Å². The quantitative estimate of drug-likeness (QED) is 0.815. The molecule has 0 aromatic heterocycles. The lowest BCUT2D eigenvalue weighted by Crippen LogP contribution is -2.45. The second kappa shape index (κ2) is 6.17. The van der Waals surface area contributed by atoms with Gasteiger partial charge in [0.05, 0.1) is 6.61 Å². The molecule has 17 heavy (non-hydrogen) atoms. The Balaban J connectivity index is 1.73. The second-order valence-electron chi connectivity index (χ2n) is 6.14. The molecule has 2 unspecified atom stereocenters. The Morgan fingerprint density at radius 1 is 1.24 bits per heavy atom. The number of nitrogens with two attached hydrogens (primary N) is 1. The first kappa shape index (κ1) is 13.3. The van der Waals surface area contributed by atoms with Gasteiger partial charge in [-0.25, -0.2) is 0 Å². The zero-order valence-electron chi connectivity index (χ0n) is 11.4. The average Bonchev–Trinajstić information content (AvgIpc) is 2.83. The van der Waals surface area contributed by atoms with E-state index in [0.29, 0.717) is 12.0 Å². The topological polar surface area (TPSA) is 38.5 Å². The fourth-order valence-corrected chi connectivity index (χ4v) is 3.20. The normalized spacial score (nSPS) is 36.4. The number of hydrogen-bond acceptors (Lipinski definition) is 3. The lowest BCUT2D eigenvalue weighted by atomic mass is 9.86. The van der Waals surface area contributed by atoms with E-state index in [1.165, 1.54) is 25.7 Å². The van der Waals surface area contributed by atoms with Crippen LogP contribution in [0.5, 0.6) is 0 Å². The minimum Gasteiger partial charge on any atom is -0.381 e. The molecule has 0 aromatic rings. The van der Waals surface area contributed by atoms with Gasteiger partial charge in [0.1, 0.15) is 0 Å². The minimum atomic E-state index is 0.293. The maximum atomic E-state index is 6.29. The summed E-state index contributed by atoms with van der Waals surface area (Å²) in [4.78, 5) is 2.49. The molecule has 1 heterocycles. The molecular weight excluding hydrogens is 212 g/mol. The highest BCUT2D eigenvalue weighted by molar-refractivity contribution is 4.83. The fourth-order valence-electron chi connectivity index (χ4n) is 3.20. The molecule has 1 aliphatic heterocycles. The van der Waals surface area contributed by atoms with Crippen LogP contribution in [0.15, 0.2) is 0 Å². The maximum Gasteiger partial charge on any atom is 0.0510 e. The first-order valence-electron chi connectivity index (χ1n) is 7.20. The zero-order chi connectivity index (χ0) is 12.3. The predicted molar refractivity (Wildman–Crippen MR) is 71.0 cm³/mol. The Morgan fingerprint density at radius 3 is 2.53 bits per heavy atom. The van der Waals surface area contributed by atoms with Gasteiger partial charge in [0.25, 0.3) is 0 Å². The molecule has 1 saturated carbocycles. The highest BCUT2D eigenvalue weighted by atomic mass is 16.5. The molecule has 2 atom stereocenters. The SMILES string of the molecule is CC1CCC(N(C)CC(N)C2CCOC2)CC1. The van der Waals surface area contributed by atoms with Crippen LogP contribution in [0.4, 0.5) is 0 Å². The third kappa shape index (κ3) is 3.67. The van der Waals surface area contributed by atoms with Gasteiger partial charge >= 0.3 is 0 Å². The Hall–Kier alpha value is -0.120.